The Hall–Kier alpha value is -2.40. The number of aromatic nitrogens is 2. The van der Waals surface area contributed by atoms with Crippen LogP contribution < -0.4 is 5.56 Å². The zero-order valence-electron chi connectivity index (χ0n) is 14.0. The van der Waals surface area contributed by atoms with E-state index in [4.69, 9.17) is 4.52 Å². The lowest BCUT2D eigenvalue weighted by Gasteiger charge is -2.22. The van der Waals surface area contributed by atoms with Crippen molar-refractivity contribution >= 4 is 10.9 Å². The molecule has 1 aliphatic heterocycles. The van der Waals surface area contributed by atoms with E-state index in [1.807, 2.05) is 32.0 Å². The summed E-state index contributed by atoms with van der Waals surface area (Å²) in [5.74, 6) is 0.901. The van der Waals surface area contributed by atoms with Gasteiger partial charge in [0.05, 0.1) is 11.7 Å². The first-order valence-corrected chi connectivity index (χ1v) is 8.40. The molecule has 24 heavy (non-hydrogen) atoms. The normalized spacial score (nSPS) is 18.5. The minimum Gasteiger partial charge on any atom is -0.359 e. The lowest BCUT2D eigenvalue weighted by atomic mass is 10.1. The van der Waals surface area contributed by atoms with Gasteiger partial charge in [-0.3, -0.25) is 9.69 Å². The van der Waals surface area contributed by atoms with Crippen molar-refractivity contribution in [3.8, 4) is 0 Å². The number of benzene rings is 1. The average molecular weight is 323 g/mol. The molecule has 1 saturated heterocycles. The van der Waals surface area contributed by atoms with Gasteiger partial charge in [0, 0.05) is 23.7 Å². The summed E-state index contributed by atoms with van der Waals surface area (Å²) >= 11 is 0. The molecule has 2 aromatic heterocycles. The molecule has 5 heteroatoms. The van der Waals surface area contributed by atoms with Crippen molar-refractivity contribution in [2.24, 2.45) is 0 Å². The van der Waals surface area contributed by atoms with Crippen LogP contribution in [0.3, 0.4) is 0 Å². The van der Waals surface area contributed by atoms with Crippen molar-refractivity contribution in [1.29, 1.82) is 0 Å². The zero-order chi connectivity index (χ0) is 16.7. The van der Waals surface area contributed by atoms with Gasteiger partial charge in [0.15, 0.2) is 5.76 Å². The standard InChI is InChI=1S/C19H21N3O2/c1-12-5-6-14-10-15(19(23)20-16(14)8-12)11-22-7-3-4-17(22)18-9-13(2)21-24-18/h5-6,8-10,17H,3-4,7,11H2,1-2H3,(H,20,23). The van der Waals surface area contributed by atoms with Crippen LogP contribution in [0, 0.1) is 13.8 Å². The molecule has 124 valence electrons. The maximum Gasteiger partial charge on any atom is 0.252 e. The highest BCUT2D eigenvalue weighted by molar-refractivity contribution is 5.79. The van der Waals surface area contributed by atoms with E-state index in [9.17, 15) is 4.79 Å². The van der Waals surface area contributed by atoms with Crippen LogP contribution in [0.1, 0.15) is 41.5 Å². The Morgan fingerprint density at radius 1 is 1.29 bits per heavy atom. The molecule has 0 bridgehead atoms. The summed E-state index contributed by atoms with van der Waals surface area (Å²) in [6, 6.07) is 10.4. The maximum atomic E-state index is 12.5. The quantitative estimate of drug-likeness (QED) is 0.801. The fourth-order valence-corrected chi connectivity index (χ4v) is 3.57. The summed E-state index contributed by atoms with van der Waals surface area (Å²) in [6.07, 6.45) is 2.15. The SMILES string of the molecule is Cc1ccc2cc(CN3CCCC3c3cc(C)no3)c(=O)[nH]c2c1. The number of aryl methyl sites for hydroxylation is 2. The molecule has 1 aromatic carbocycles. The molecule has 1 N–H and O–H groups in total. The Bertz CT molecular complexity index is 941. The van der Waals surface area contributed by atoms with Gasteiger partial charge < -0.3 is 9.51 Å². The molecular formula is C19H21N3O2. The van der Waals surface area contributed by atoms with Crippen LogP contribution in [0.15, 0.2) is 39.6 Å². The van der Waals surface area contributed by atoms with Crippen molar-refractivity contribution in [3.63, 3.8) is 0 Å². The van der Waals surface area contributed by atoms with Crippen LogP contribution in [0.4, 0.5) is 0 Å². The van der Waals surface area contributed by atoms with Gasteiger partial charge in [-0.1, -0.05) is 17.3 Å². The molecule has 1 atom stereocenters. The number of hydrogen-bond donors (Lipinski definition) is 1. The Kier molecular flexibility index (Phi) is 3.73. The molecule has 3 heterocycles. The third-order valence-electron chi connectivity index (χ3n) is 4.79. The van der Waals surface area contributed by atoms with Crippen LogP contribution in [-0.4, -0.2) is 21.6 Å². The van der Waals surface area contributed by atoms with Crippen molar-refractivity contribution in [3.05, 3.63) is 63.3 Å². The summed E-state index contributed by atoms with van der Waals surface area (Å²) in [6.45, 7) is 5.56. The number of hydrogen-bond acceptors (Lipinski definition) is 4. The second-order valence-corrected chi connectivity index (χ2v) is 6.71. The van der Waals surface area contributed by atoms with E-state index in [0.717, 1.165) is 52.9 Å². The van der Waals surface area contributed by atoms with Crippen molar-refractivity contribution < 1.29 is 4.52 Å². The van der Waals surface area contributed by atoms with Gasteiger partial charge >= 0.3 is 0 Å². The predicted molar refractivity (Wildman–Crippen MR) is 92.9 cm³/mol. The molecule has 1 aliphatic rings. The predicted octanol–water partition coefficient (Wildman–Crippen LogP) is 3.47. The fraction of sp³-hybridized carbons (Fsp3) is 0.368. The molecular weight excluding hydrogens is 302 g/mol. The molecule has 1 unspecified atom stereocenters. The van der Waals surface area contributed by atoms with E-state index >= 15 is 0 Å². The second-order valence-electron chi connectivity index (χ2n) is 6.71. The van der Waals surface area contributed by atoms with Gasteiger partial charge in [0.2, 0.25) is 0 Å². The summed E-state index contributed by atoms with van der Waals surface area (Å²) < 4.78 is 5.45. The lowest BCUT2D eigenvalue weighted by Crippen LogP contribution is -2.26. The first-order valence-electron chi connectivity index (χ1n) is 8.40. The molecule has 4 rings (SSSR count). The number of nitrogens with zero attached hydrogens (tertiary/aromatic N) is 2. The number of fused-ring (bicyclic) bond motifs is 1. The Morgan fingerprint density at radius 3 is 2.96 bits per heavy atom. The van der Waals surface area contributed by atoms with Crippen LogP contribution in [0.5, 0.6) is 0 Å². The van der Waals surface area contributed by atoms with Gasteiger partial charge in [-0.25, -0.2) is 0 Å². The molecule has 0 saturated carbocycles. The number of aromatic amines is 1. The molecule has 3 aromatic rings. The summed E-state index contributed by atoms with van der Waals surface area (Å²) in [7, 11) is 0. The number of nitrogens with one attached hydrogen (secondary N) is 1. The zero-order valence-corrected chi connectivity index (χ0v) is 14.0. The van der Waals surface area contributed by atoms with E-state index in [2.05, 4.69) is 27.2 Å². The topological polar surface area (TPSA) is 62.1 Å². The highest BCUT2D eigenvalue weighted by Crippen LogP contribution is 2.33. The molecule has 5 nitrogen and oxygen atoms in total. The third-order valence-corrected chi connectivity index (χ3v) is 4.79. The number of likely N-dealkylation sites (tertiary alicyclic amines) is 1. The Labute approximate surface area is 140 Å². The Morgan fingerprint density at radius 2 is 2.17 bits per heavy atom. The van der Waals surface area contributed by atoms with Gasteiger partial charge in [0.1, 0.15) is 0 Å². The van der Waals surface area contributed by atoms with E-state index in [-0.39, 0.29) is 11.6 Å². The molecule has 0 radical (unpaired) electrons. The summed E-state index contributed by atoms with van der Waals surface area (Å²) in [5.41, 5.74) is 3.73. The van der Waals surface area contributed by atoms with Gasteiger partial charge in [0.25, 0.3) is 5.56 Å². The van der Waals surface area contributed by atoms with E-state index in [1.54, 1.807) is 0 Å². The van der Waals surface area contributed by atoms with Gasteiger partial charge in [-0.15, -0.1) is 0 Å². The monoisotopic (exact) mass is 323 g/mol. The van der Waals surface area contributed by atoms with Crippen molar-refractivity contribution in [2.45, 2.75) is 39.3 Å². The minimum atomic E-state index is -0.00694. The summed E-state index contributed by atoms with van der Waals surface area (Å²) in [4.78, 5) is 17.8. The van der Waals surface area contributed by atoms with Crippen molar-refractivity contribution in [2.75, 3.05) is 6.54 Å². The molecule has 0 spiro atoms. The van der Waals surface area contributed by atoms with Crippen LogP contribution >= 0.6 is 0 Å². The van der Waals surface area contributed by atoms with Crippen LogP contribution in [-0.2, 0) is 6.54 Å². The number of rotatable bonds is 3. The molecule has 1 fully saturated rings. The highest BCUT2D eigenvalue weighted by Gasteiger charge is 2.29. The third kappa shape index (κ3) is 2.76. The number of H-pyrrole nitrogens is 1. The van der Waals surface area contributed by atoms with E-state index in [0.29, 0.717) is 6.54 Å². The largest absolute Gasteiger partial charge is 0.359 e. The maximum absolute atomic E-state index is 12.5. The van der Waals surface area contributed by atoms with Crippen LogP contribution in [0.25, 0.3) is 10.9 Å². The Balaban J connectivity index is 1.64. The smallest absolute Gasteiger partial charge is 0.252 e. The van der Waals surface area contributed by atoms with E-state index < -0.39 is 0 Å². The van der Waals surface area contributed by atoms with Gasteiger partial charge in [-0.2, -0.15) is 0 Å². The lowest BCUT2D eigenvalue weighted by molar-refractivity contribution is 0.206. The number of pyridine rings is 1. The molecule has 0 amide bonds. The molecule has 0 aliphatic carbocycles. The van der Waals surface area contributed by atoms with Gasteiger partial charge in [-0.05, 0) is 56.3 Å². The highest BCUT2D eigenvalue weighted by atomic mass is 16.5. The first-order chi connectivity index (χ1) is 11.6. The van der Waals surface area contributed by atoms with E-state index in [1.165, 1.54) is 0 Å². The van der Waals surface area contributed by atoms with Crippen LogP contribution in [0.2, 0.25) is 0 Å². The second kappa shape index (κ2) is 5.91. The fourth-order valence-electron chi connectivity index (χ4n) is 3.57. The minimum absolute atomic E-state index is 0.00694. The average Bonchev–Trinajstić information content (AvgIpc) is 3.17. The first kappa shape index (κ1) is 15.1. The summed E-state index contributed by atoms with van der Waals surface area (Å²) in [5, 5.41) is 5.07. The van der Waals surface area contributed by atoms with Crippen molar-refractivity contribution in [1.82, 2.24) is 15.0 Å².